The van der Waals surface area contributed by atoms with Gasteiger partial charge >= 0.3 is 0 Å². The zero-order valence-corrected chi connectivity index (χ0v) is 14.9. The number of hydrogen-bond donors (Lipinski definition) is 1. The normalized spacial score (nSPS) is 16.7. The largest absolute Gasteiger partial charge is 0.378 e. The van der Waals surface area contributed by atoms with Crippen LogP contribution in [0, 0.1) is 16.0 Å². The molecule has 1 heterocycles. The van der Waals surface area contributed by atoms with Crippen LogP contribution in [0.1, 0.15) is 13.8 Å². The van der Waals surface area contributed by atoms with Gasteiger partial charge in [-0.3, -0.25) is 14.9 Å². The summed E-state index contributed by atoms with van der Waals surface area (Å²) in [7, 11) is -4.08. The monoisotopic (exact) mass is 371 g/mol. The molecule has 1 amide bonds. The Balaban J connectivity index is 2.24. The summed E-state index contributed by atoms with van der Waals surface area (Å²) in [6, 6.07) is 3.77. The number of nitro benzene ring substituents is 1. The molecule has 25 heavy (non-hydrogen) atoms. The van der Waals surface area contributed by atoms with Gasteiger partial charge in [-0.15, -0.1) is 0 Å². The van der Waals surface area contributed by atoms with Crippen LogP contribution in [0.2, 0.25) is 0 Å². The van der Waals surface area contributed by atoms with Gasteiger partial charge in [-0.25, -0.2) is 8.42 Å². The summed E-state index contributed by atoms with van der Waals surface area (Å²) < 4.78 is 32.7. The third-order valence-corrected chi connectivity index (χ3v) is 5.32. The lowest BCUT2D eigenvalue weighted by molar-refractivity contribution is -0.385. The number of rotatable bonds is 6. The number of sulfonamides is 1. The van der Waals surface area contributed by atoms with E-state index in [1.165, 1.54) is 18.2 Å². The van der Waals surface area contributed by atoms with Gasteiger partial charge in [-0.2, -0.15) is 4.72 Å². The second-order valence-corrected chi connectivity index (χ2v) is 7.75. The number of nitrogens with one attached hydrogen (secondary N) is 1. The second kappa shape index (κ2) is 7.89. The van der Waals surface area contributed by atoms with E-state index in [0.29, 0.717) is 26.3 Å². The Morgan fingerprint density at radius 1 is 1.32 bits per heavy atom. The molecule has 2 rings (SSSR count). The molecule has 1 aromatic carbocycles. The smallest absolute Gasteiger partial charge is 0.270 e. The number of ether oxygens (including phenoxy) is 1. The molecule has 1 saturated heterocycles. The molecule has 0 spiro atoms. The van der Waals surface area contributed by atoms with Gasteiger partial charge in [0.05, 0.1) is 23.0 Å². The molecule has 1 aliphatic rings. The number of nitro groups is 1. The third-order valence-electron chi connectivity index (χ3n) is 3.88. The molecule has 1 atom stereocenters. The maximum Gasteiger partial charge on any atom is 0.270 e. The van der Waals surface area contributed by atoms with Crippen molar-refractivity contribution in [2.75, 3.05) is 26.3 Å². The van der Waals surface area contributed by atoms with Gasteiger partial charge < -0.3 is 9.64 Å². The quantitative estimate of drug-likeness (QED) is 0.582. The van der Waals surface area contributed by atoms with Crippen molar-refractivity contribution >= 4 is 21.6 Å². The molecule has 0 aromatic heterocycles. The molecule has 1 aromatic rings. The number of nitrogens with zero attached hydrogens (tertiary/aromatic N) is 2. The molecule has 0 aliphatic carbocycles. The van der Waals surface area contributed by atoms with E-state index in [-0.39, 0.29) is 22.4 Å². The van der Waals surface area contributed by atoms with E-state index >= 15 is 0 Å². The van der Waals surface area contributed by atoms with Gasteiger partial charge in [0, 0.05) is 25.2 Å². The Morgan fingerprint density at radius 2 is 1.96 bits per heavy atom. The minimum absolute atomic E-state index is 0.248. The molecule has 0 unspecified atom stereocenters. The summed E-state index contributed by atoms with van der Waals surface area (Å²) in [4.78, 5) is 24.1. The van der Waals surface area contributed by atoms with Crippen molar-refractivity contribution < 1.29 is 22.9 Å². The molecule has 9 nitrogen and oxygen atoms in total. The van der Waals surface area contributed by atoms with E-state index in [1.807, 2.05) is 0 Å². The number of morpholine rings is 1. The number of amides is 1. The highest BCUT2D eigenvalue weighted by Gasteiger charge is 2.32. The van der Waals surface area contributed by atoms with E-state index in [4.69, 9.17) is 4.74 Å². The molecule has 138 valence electrons. The summed E-state index contributed by atoms with van der Waals surface area (Å²) in [5.74, 6) is -0.615. The number of non-ortho nitro benzene ring substituents is 1. The van der Waals surface area contributed by atoms with Gasteiger partial charge in [0.25, 0.3) is 5.69 Å². The van der Waals surface area contributed by atoms with Crippen LogP contribution in [-0.4, -0.2) is 56.5 Å². The maximum absolute atomic E-state index is 12.7. The molecule has 1 N–H and O–H groups in total. The molecule has 10 heteroatoms. The van der Waals surface area contributed by atoms with Crippen LogP contribution in [0.15, 0.2) is 29.2 Å². The Hall–Kier alpha value is -2.04. The van der Waals surface area contributed by atoms with Crippen molar-refractivity contribution in [2.45, 2.75) is 24.8 Å². The molecule has 0 radical (unpaired) electrons. The van der Waals surface area contributed by atoms with Crippen molar-refractivity contribution in [3.05, 3.63) is 34.4 Å². The van der Waals surface area contributed by atoms with Crippen LogP contribution in [0.5, 0.6) is 0 Å². The molecule has 0 bridgehead atoms. The molecular formula is C15H21N3O6S. The molecule has 1 fully saturated rings. The Bertz CT molecular complexity index is 743. The minimum atomic E-state index is -4.08. The number of hydrogen-bond acceptors (Lipinski definition) is 6. The SMILES string of the molecule is CC(C)[C@@H](NS(=O)(=O)c1cccc([N+](=O)[O-])c1)C(=O)N1CCOCC1. The van der Waals surface area contributed by atoms with Crippen molar-refractivity contribution in [2.24, 2.45) is 5.92 Å². The fourth-order valence-electron chi connectivity index (χ4n) is 2.45. The predicted molar refractivity (Wildman–Crippen MR) is 89.4 cm³/mol. The number of carbonyl (C=O) groups excluding carboxylic acids is 1. The van der Waals surface area contributed by atoms with E-state index in [2.05, 4.69) is 4.72 Å². The highest BCUT2D eigenvalue weighted by molar-refractivity contribution is 7.89. The van der Waals surface area contributed by atoms with Crippen molar-refractivity contribution in [1.29, 1.82) is 0 Å². The lowest BCUT2D eigenvalue weighted by atomic mass is 10.0. The average molecular weight is 371 g/mol. The summed E-state index contributed by atoms with van der Waals surface area (Å²) in [5.41, 5.74) is -0.330. The van der Waals surface area contributed by atoms with E-state index in [0.717, 1.165) is 6.07 Å². The lowest BCUT2D eigenvalue weighted by Crippen LogP contribution is -2.53. The first kappa shape index (κ1) is 19.3. The van der Waals surface area contributed by atoms with Crippen LogP contribution < -0.4 is 4.72 Å². The van der Waals surface area contributed by atoms with E-state index < -0.39 is 21.0 Å². The summed E-state index contributed by atoms with van der Waals surface area (Å²) >= 11 is 0. The lowest BCUT2D eigenvalue weighted by Gasteiger charge is -2.32. The van der Waals surface area contributed by atoms with Crippen molar-refractivity contribution in [3.8, 4) is 0 Å². The number of carbonyl (C=O) groups is 1. The van der Waals surface area contributed by atoms with Crippen LogP contribution in [-0.2, 0) is 19.6 Å². The van der Waals surface area contributed by atoms with Crippen molar-refractivity contribution in [1.82, 2.24) is 9.62 Å². The summed E-state index contributed by atoms with van der Waals surface area (Å²) in [5, 5.41) is 10.8. The third kappa shape index (κ3) is 4.74. The maximum atomic E-state index is 12.7. The Labute approximate surface area is 146 Å². The minimum Gasteiger partial charge on any atom is -0.378 e. The highest BCUT2D eigenvalue weighted by atomic mass is 32.2. The van der Waals surface area contributed by atoms with Gasteiger partial charge in [0.1, 0.15) is 6.04 Å². The Morgan fingerprint density at radius 3 is 2.52 bits per heavy atom. The summed E-state index contributed by atoms with van der Waals surface area (Å²) in [6.45, 7) is 5.10. The van der Waals surface area contributed by atoms with Crippen LogP contribution in [0.3, 0.4) is 0 Å². The molecule has 0 saturated carbocycles. The average Bonchev–Trinajstić information content (AvgIpc) is 2.59. The predicted octanol–water partition coefficient (Wildman–Crippen LogP) is 0.756. The zero-order chi connectivity index (χ0) is 18.6. The van der Waals surface area contributed by atoms with E-state index in [9.17, 15) is 23.3 Å². The first-order chi connectivity index (χ1) is 11.7. The molecular weight excluding hydrogens is 350 g/mol. The van der Waals surface area contributed by atoms with Crippen LogP contribution in [0.25, 0.3) is 0 Å². The Kier molecular flexibility index (Phi) is 6.09. The zero-order valence-electron chi connectivity index (χ0n) is 14.0. The standard InChI is InChI=1S/C15H21N3O6S/c1-11(2)14(15(19)17-6-8-24-9-7-17)16-25(22,23)13-5-3-4-12(10-13)18(20)21/h3-5,10-11,14,16H,6-9H2,1-2H3/t14-/m1/s1. The van der Waals surface area contributed by atoms with Crippen LogP contribution in [0.4, 0.5) is 5.69 Å². The fraction of sp³-hybridized carbons (Fsp3) is 0.533. The van der Waals surface area contributed by atoms with Gasteiger partial charge in [0.2, 0.25) is 15.9 Å². The van der Waals surface area contributed by atoms with Gasteiger partial charge in [-0.05, 0) is 12.0 Å². The van der Waals surface area contributed by atoms with Gasteiger partial charge in [-0.1, -0.05) is 19.9 Å². The first-order valence-electron chi connectivity index (χ1n) is 7.85. The summed E-state index contributed by atoms with van der Waals surface area (Å²) in [6.07, 6.45) is 0. The van der Waals surface area contributed by atoms with Gasteiger partial charge in [0.15, 0.2) is 0 Å². The van der Waals surface area contributed by atoms with Crippen LogP contribution >= 0.6 is 0 Å². The van der Waals surface area contributed by atoms with E-state index in [1.54, 1.807) is 18.7 Å². The van der Waals surface area contributed by atoms with Crippen molar-refractivity contribution in [3.63, 3.8) is 0 Å². The topological polar surface area (TPSA) is 119 Å². The second-order valence-electron chi connectivity index (χ2n) is 6.04. The highest BCUT2D eigenvalue weighted by Crippen LogP contribution is 2.19. The molecule has 1 aliphatic heterocycles. The first-order valence-corrected chi connectivity index (χ1v) is 9.34. The number of benzene rings is 1. The fourth-order valence-corrected chi connectivity index (χ4v) is 3.83.